The Balaban J connectivity index is 2.08. The van der Waals surface area contributed by atoms with E-state index in [9.17, 15) is 9.82 Å². The van der Waals surface area contributed by atoms with Gasteiger partial charge >= 0.3 is 6.92 Å². The zero-order chi connectivity index (χ0) is 13.4. The summed E-state index contributed by atoms with van der Waals surface area (Å²) < 4.78 is 1.67. The van der Waals surface area contributed by atoms with Crippen molar-refractivity contribution in [1.82, 2.24) is 20.1 Å². The van der Waals surface area contributed by atoms with Crippen molar-refractivity contribution in [3.8, 4) is 5.82 Å². The molecule has 1 aliphatic heterocycles. The molecule has 0 radical (unpaired) electrons. The molecule has 1 aliphatic rings. The van der Waals surface area contributed by atoms with Gasteiger partial charge in [-0.3, -0.25) is 4.79 Å². The van der Waals surface area contributed by atoms with Gasteiger partial charge in [-0.15, -0.1) is 0 Å². The highest BCUT2D eigenvalue weighted by Crippen LogP contribution is 2.16. The van der Waals surface area contributed by atoms with E-state index < -0.39 is 6.92 Å². The van der Waals surface area contributed by atoms with Gasteiger partial charge in [0.05, 0.1) is 17.5 Å². The minimum Gasteiger partial charge on any atom is -0.446 e. The summed E-state index contributed by atoms with van der Waals surface area (Å²) in [5, 5.41) is 16.6. The van der Waals surface area contributed by atoms with E-state index in [1.807, 2.05) is 0 Å². The summed E-state index contributed by atoms with van der Waals surface area (Å²) in [6, 6.07) is 3.54. The van der Waals surface area contributed by atoms with Crippen LogP contribution in [0.25, 0.3) is 5.82 Å². The lowest BCUT2D eigenvalue weighted by Gasteiger charge is -2.14. The van der Waals surface area contributed by atoms with Gasteiger partial charge in [0, 0.05) is 19.2 Å². The molecule has 2 aromatic heterocycles. The van der Waals surface area contributed by atoms with E-state index in [4.69, 9.17) is 0 Å². The van der Waals surface area contributed by atoms with Crippen LogP contribution < -0.4 is 10.8 Å². The third kappa shape index (κ3) is 2.02. The molecule has 0 atom stereocenters. The van der Waals surface area contributed by atoms with Crippen molar-refractivity contribution in [2.24, 2.45) is 0 Å². The Morgan fingerprint density at radius 2 is 2.37 bits per heavy atom. The Labute approximate surface area is 110 Å². The molecule has 7 heteroatoms. The van der Waals surface area contributed by atoms with Crippen LogP contribution in [0.1, 0.15) is 16.1 Å². The van der Waals surface area contributed by atoms with Crippen molar-refractivity contribution in [2.45, 2.75) is 13.2 Å². The SMILES string of the molecule is CB(O)c1ccnc(-n2ncc3c2CCNC3=O)c1. The van der Waals surface area contributed by atoms with E-state index in [2.05, 4.69) is 15.4 Å². The van der Waals surface area contributed by atoms with Crippen LogP contribution >= 0.6 is 0 Å². The lowest BCUT2D eigenvalue weighted by atomic mass is 9.65. The van der Waals surface area contributed by atoms with Crippen LogP contribution in [0.15, 0.2) is 24.5 Å². The highest BCUT2D eigenvalue weighted by molar-refractivity contribution is 6.64. The fraction of sp³-hybridized carbons (Fsp3) is 0.250. The molecule has 0 bridgehead atoms. The highest BCUT2D eigenvalue weighted by atomic mass is 16.2. The second-order valence-corrected chi connectivity index (χ2v) is 4.55. The Morgan fingerprint density at radius 1 is 1.53 bits per heavy atom. The van der Waals surface area contributed by atoms with Gasteiger partial charge in [0.15, 0.2) is 5.82 Å². The third-order valence-electron chi connectivity index (χ3n) is 3.23. The first-order chi connectivity index (χ1) is 9.16. The van der Waals surface area contributed by atoms with Crippen LogP contribution in [0.4, 0.5) is 0 Å². The first-order valence-corrected chi connectivity index (χ1v) is 6.16. The normalized spacial score (nSPS) is 13.9. The maximum atomic E-state index is 11.7. The topological polar surface area (TPSA) is 80.0 Å². The van der Waals surface area contributed by atoms with Crippen LogP contribution in [-0.2, 0) is 6.42 Å². The van der Waals surface area contributed by atoms with Gasteiger partial charge in [-0.25, -0.2) is 9.67 Å². The van der Waals surface area contributed by atoms with Crippen molar-refractivity contribution in [3.05, 3.63) is 35.8 Å². The molecule has 2 N–H and O–H groups in total. The monoisotopic (exact) mass is 256 g/mol. The largest absolute Gasteiger partial charge is 0.446 e. The summed E-state index contributed by atoms with van der Waals surface area (Å²) in [7, 11) is 0. The Bertz CT molecular complexity index is 638. The average Bonchev–Trinajstić information content (AvgIpc) is 2.84. The number of fused-ring (bicyclic) bond motifs is 1. The number of rotatable bonds is 2. The summed E-state index contributed by atoms with van der Waals surface area (Å²) in [5.41, 5.74) is 2.23. The van der Waals surface area contributed by atoms with E-state index in [0.717, 1.165) is 17.6 Å². The molecule has 0 saturated heterocycles. The summed E-state index contributed by atoms with van der Waals surface area (Å²) in [4.78, 5) is 15.9. The zero-order valence-corrected chi connectivity index (χ0v) is 10.5. The van der Waals surface area contributed by atoms with Gasteiger partial charge in [-0.2, -0.15) is 5.10 Å². The molecule has 3 heterocycles. The van der Waals surface area contributed by atoms with Crippen LogP contribution in [0, 0.1) is 0 Å². The van der Waals surface area contributed by atoms with Gasteiger partial charge in [0.2, 0.25) is 0 Å². The molecular weight excluding hydrogens is 243 g/mol. The Kier molecular flexibility index (Phi) is 2.83. The number of carbonyl (C=O) groups is 1. The van der Waals surface area contributed by atoms with Gasteiger partial charge in [-0.05, 0) is 17.6 Å². The van der Waals surface area contributed by atoms with Crippen LogP contribution in [0.5, 0.6) is 0 Å². The highest BCUT2D eigenvalue weighted by Gasteiger charge is 2.22. The van der Waals surface area contributed by atoms with Crippen LogP contribution in [0.2, 0.25) is 6.82 Å². The molecule has 0 aliphatic carbocycles. The molecule has 96 valence electrons. The molecular formula is C12H13BN4O2. The fourth-order valence-corrected chi connectivity index (χ4v) is 2.20. The van der Waals surface area contributed by atoms with E-state index in [1.165, 1.54) is 0 Å². The Morgan fingerprint density at radius 3 is 3.16 bits per heavy atom. The van der Waals surface area contributed by atoms with Crippen molar-refractivity contribution in [2.75, 3.05) is 6.54 Å². The second kappa shape index (κ2) is 4.51. The first-order valence-electron chi connectivity index (χ1n) is 6.16. The predicted octanol–water partition coefficient (Wildman–Crippen LogP) is -0.626. The van der Waals surface area contributed by atoms with Crippen LogP contribution in [-0.4, -0.2) is 39.2 Å². The minimum absolute atomic E-state index is 0.0980. The molecule has 1 amide bonds. The number of carbonyl (C=O) groups excluding carboxylic acids is 1. The predicted molar refractivity (Wildman–Crippen MR) is 70.9 cm³/mol. The van der Waals surface area contributed by atoms with E-state index >= 15 is 0 Å². The zero-order valence-electron chi connectivity index (χ0n) is 10.5. The lowest BCUT2D eigenvalue weighted by Crippen LogP contribution is -2.32. The summed E-state index contributed by atoms with van der Waals surface area (Å²) >= 11 is 0. The minimum atomic E-state index is -0.559. The summed E-state index contributed by atoms with van der Waals surface area (Å²) in [5.74, 6) is 0.522. The molecule has 3 rings (SSSR count). The van der Waals surface area contributed by atoms with Gasteiger partial charge in [0.25, 0.3) is 5.91 Å². The molecule has 0 fully saturated rings. The number of pyridine rings is 1. The standard InChI is InChI=1S/C12H13BN4O2/c1-13(19)8-2-4-14-11(6-8)17-10-3-5-15-12(18)9(10)7-16-17/h2,4,6-7,19H,3,5H2,1H3,(H,15,18). The average molecular weight is 256 g/mol. The maximum Gasteiger partial charge on any atom is 0.320 e. The molecule has 0 aromatic carbocycles. The molecule has 6 nitrogen and oxygen atoms in total. The smallest absolute Gasteiger partial charge is 0.320 e. The fourth-order valence-electron chi connectivity index (χ4n) is 2.20. The van der Waals surface area contributed by atoms with Crippen LogP contribution in [0.3, 0.4) is 0 Å². The van der Waals surface area contributed by atoms with E-state index in [1.54, 1.807) is 36.0 Å². The first kappa shape index (κ1) is 11.9. The number of hydrogen-bond donors (Lipinski definition) is 2. The molecule has 2 aromatic rings. The molecule has 0 saturated carbocycles. The molecule has 19 heavy (non-hydrogen) atoms. The summed E-state index contributed by atoms with van der Waals surface area (Å²) in [6.45, 7) is 1.75. The molecule has 0 spiro atoms. The molecule has 0 unspecified atom stereocenters. The van der Waals surface area contributed by atoms with E-state index in [-0.39, 0.29) is 5.91 Å². The number of aromatic nitrogens is 3. The van der Waals surface area contributed by atoms with Crippen molar-refractivity contribution in [3.63, 3.8) is 0 Å². The lowest BCUT2D eigenvalue weighted by molar-refractivity contribution is 0.0945. The van der Waals surface area contributed by atoms with Gasteiger partial charge in [-0.1, -0.05) is 6.82 Å². The van der Waals surface area contributed by atoms with Gasteiger partial charge < -0.3 is 10.3 Å². The number of amides is 1. The van der Waals surface area contributed by atoms with Gasteiger partial charge in [0.1, 0.15) is 0 Å². The number of nitrogens with zero attached hydrogens (tertiary/aromatic N) is 3. The second-order valence-electron chi connectivity index (χ2n) is 4.55. The summed E-state index contributed by atoms with van der Waals surface area (Å²) in [6.07, 6.45) is 3.91. The third-order valence-corrected chi connectivity index (χ3v) is 3.23. The quantitative estimate of drug-likeness (QED) is 0.701. The van der Waals surface area contributed by atoms with Crippen molar-refractivity contribution < 1.29 is 9.82 Å². The maximum absolute atomic E-state index is 11.7. The van der Waals surface area contributed by atoms with E-state index in [0.29, 0.717) is 17.9 Å². The number of hydrogen-bond acceptors (Lipinski definition) is 4. The Hall–Kier alpha value is -2.15. The van der Waals surface area contributed by atoms with Crippen molar-refractivity contribution >= 4 is 18.3 Å². The van der Waals surface area contributed by atoms with Crippen molar-refractivity contribution in [1.29, 1.82) is 0 Å². The number of nitrogens with one attached hydrogen (secondary N) is 1.